The van der Waals surface area contributed by atoms with Crippen LogP contribution in [0.3, 0.4) is 0 Å². The van der Waals surface area contributed by atoms with Gasteiger partial charge in [0.15, 0.2) is 11.5 Å². The van der Waals surface area contributed by atoms with Crippen LogP contribution in [0.25, 0.3) is 11.4 Å². The lowest BCUT2D eigenvalue weighted by atomic mass is 10.1. The summed E-state index contributed by atoms with van der Waals surface area (Å²) in [6, 6.07) is 9.15. The van der Waals surface area contributed by atoms with E-state index in [4.69, 9.17) is 19.2 Å². The third kappa shape index (κ3) is 6.50. The molecule has 0 N–H and O–H groups in total. The van der Waals surface area contributed by atoms with Gasteiger partial charge < -0.3 is 23.7 Å². The number of methoxy groups -OCH3 is 3. The molecule has 0 amide bonds. The Labute approximate surface area is 228 Å². The lowest BCUT2D eigenvalue weighted by Crippen LogP contribution is -2.46. The van der Waals surface area contributed by atoms with E-state index in [1.165, 1.54) is 12.1 Å². The summed E-state index contributed by atoms with van der Waals surface area (Å²) in [5.41, 5.74) is 3.13. The molecule has 1 aliphatic rings. The molecule has 212 valence electrons. The van der Waals surface area contributed by atoms with E-state index in [-0.39, 0.29) is 0 Å². The van der Waals surface area contributed by atoms with Crippen LogP contribution in [0, 0.1) is 6.92 Å². The molecule has 1 fully saturated rings. The van der Waals surface area contributed by atoms with Crippen molar-refractivity contribution >= 4 is 0 Å². The van der Waals surface area contributed by atoms with Crippen molar-refractivity contribution in [3.8, 4) is 28.6 Å². The molecule has 0 unspecified atom stereocenters. The van der Waals surface area contributed by atoms with Gasteiger partial charge in [-0.3, -0.25) is 4.90 Å². The SMILES string of the molecule is COc1ccc(CN2CCN(CCCc3nc(-c4ccc(C(F)(F)F)cc4)n(C)c3C)CC2)c(OC)c1OC. The van der Waals surface area contributed by atoms with Gasteiger partial charge in [0.2, 0.25) is 5.75 Å². The molecule has 10 heteroatoms. The second-order valence-corrected chi connectivity index (χ2v) is 9.82. The monoisotopic (exact) mass is 546 g/mol. The zero-order valence-electron chi connectivity index (χ0n) is 23.3. The maximum atomic E-state index is 12.9. The van der Waals surface area contributed by atoms with Gasteiger partial charge in [-0.05, 0) is 44.5 Å². The van der Waals surface area contributed by atoms with E-state index >= 15 is 0 Å². The number of alkyl halides is 3. The van der Waals surface area contributed by atoms with Crippen LogP contribution in [-0.4, -0.2) is 73.4 Å². The Morgan fingerprint density at radius 3 is 2.08 bits per heavy atom. The highest BCUT2D eigenvalue weighted by molar-refractivity contribution is 5.58. The van der Waals surface area contributed by atoms with Crippen LogP contribution in [0.15, 0.2) is 36.4 Å². The molecule has 1 saturated heterocycles. The first-order valence-corrected chi connectivity index (χ1v) is 13.1. The molecule has 4 rings (SSSR count). The number of hydrogen-bond acceptors (Lipinski definition) is 6. The molecule has 2 aromatic carbocycles. The Hall–Kier alpha value is -3.24. The first kappa shape index (κ1) is 28.8. The van der Waals surface area contributed by atoms with Gasteiger partial charge in [0.05, 0.1) is 32.6 Å². The van der Waals surface area contributed by atoms with Crippen molar-refractivity contribution in [3.05, 3.63) is 58.9 Å². The predicted molar refractivity (Wildman–Crippen MR) is 145 cm³/mol. The number of ether oxygens (including phenoxy) is 3. The molecule has 1 aromatic heterocycles. The van der Waals surface area contributed by atoms with Crippen LogP contribution in [0.1, 0.15) is 28.9 Å². The molecule has 39 heavy (non-hydrogen) atoms. The number of halogens is 3. The van der Waals surface area contributed by atoms with E-state index in [0.29, 0.717) is 28.6 Å². The van der Waals surface area contributed by atoms with E-state index < -0.39 is 11.7 Å². The van der Waals surface area contributed by atoms with Crippen molar-refractivity contribution in [2.45, 2.75) is 32.5 Å². The zero-order valence-corrected chi connectivity index (χ0v) is 23.3. The standard InChI is InChI=1S/C29H37F3N4O3/c1-20-24(33-28(34(20)2)21-8-11-23(12-9-21)29(30,31)32)7-6-14-35-15-17-36(18-16-35)19-22-10-13-25(37-3)27(39-5)26(22)38-4/h8-13H,6-7,14-19H2,1-5H3. The van der Waals surface area contributed by atoms with Crippen LogP contribution < -0.4 is 14.2 Å². The minimum atomic E-state index is -4.34. The molecular weight excluding hydrogens is 509 g/mol. The molecule has 1 aliphatic heterocycles. The van der Waals surface area contributed by atoms with E-state index in [2.05, 4.69) is 9.80 Å². The van der Waals surface area contributed by atoms with Crippen LogP contribution >= 0.6 is 0 Å². The second kappa shape index (κ2) is 12.3. The van der Waals surface area contributed by atoms with Gasteiger partial charge >= 0.3 is 6.18 Å². The number of benzene rings is 2. The molecule has 0 bridgehead atoms. The minimum absolute atomic E-state index is 0.613. The summed E-state index contributed by atoms with van der Waals surface area (Å²) < 4.78 is 57.3. The highest BCUT2D eigenvalue weighted by Crippen LogP contribution is 2.40. The molecular formula is C29H37F3N4O3. The van der Waals surface area contributed by atoms with Crippen LogP contribution in [0.4, 0.5) is 13.2 Å². The van der Waals surface area contributed by atoms with Crippen molar-refractivity contribution in [3.63, 3.8) is 0 Å². The molecule has 0 saturated carbocycles. The third-order valence-corrected chi connectivity index (χ3v) is 7.48. The number of imidazole rings is 1. The minimum Gasteiger partial charge on any atom is -0.493 e. The number of hydrogen-bond donors (Lipinski definition) is 0. The molecule has 7 nitrogen and oxygen atoms in total. The van der Waals surface area contributed by atoms with Gasteiger partial charge in [0, 0.05) is 56.6 Å². The normalized spacial score (nSPS) is 15.0. The van der Waals surface area contributed by atoms with Crippen LogP contribution in [0.5, 0.6) is 17.2 Å². The number of aromatic nitrogens is 2. The van der Waals surface area contributed by atoms with Crippen molar-refractivity contribution in [2.75, 3.05) is 54.1 Å². The lowest BCUT2D eigenvalue weighted by molar-refractivity contribution is -0.137. The van der Waals surface area contributed by atoms with Gasteiger partial charge in [-0.15, -0.1) is 0 Å². The van der Waals surface area contributed by atoms with Gasteiger partial charge in [-0.25, -0.2) is 4.98 Å². The topological polar surface area (TPSA) is 52.0 Å². The Morgan fingerprint density at radius 2 is 1.49 bits per heavy atom. The molecule has 0 aliphatic carbocycles. The summed E-state index contributed by atoms with van der Waals surface area (Å²) in [6.07, 6.45) is -2.56. The average molecular weight is 547 g/mol. The summed E-state index contributed by atoms with van der Waals surface area (Å²) in [7, 11) is 6.79. The maximum absolute atomic E-state index is 12.9. The van der Waals surface area contributed by atoms with E-state index in [1.54, 1.807) is 21.3 Å². The number of rotatable bonds is 10. The molecule has 0 atom stereocenters. The van der Waals surface area contributed by atoms with Crippen molar-refractivity contribution < 1.29 is 27.4 Å². The van der Waals surface area contributed by atoms with Gasteiger partial charge in [-0.2, -0.15) is 13.2 Å². The Balaban J connectivity index is 1.29. The summed E-state index contributed by atoms with van der Waals surface area (Å²) >= 11 is 0. The smallest absolute Gasteiger partial charge is 0.416 e. The molecule has 3 aromatic rings. The van der Waals surface area contributed by atoms with E-state index in [9.17, 15) is 13.2 Å². The van der Waals surface area contributed by atoms with Crippen molar-refractivity contribution in [1.29, 1.82) is 0 Å². The fraction of sp³-hybridized carbons (Fsp3) is 0.483. The second-order valence-electron chi connectivity index (χ2n) is 9.82. The maximum Gasteiger partial charge on any atom is 0.416 e. The van der Waals surface area contributed by atoms with Gasteiger partial charge in [-0.1, -0.05) is 18.2 Å². The Bertz CT molecular complexity index is 1250. The zero-order chi connectivity index (χ0) is 28.2. The molecule has 2 heterocycles. The number of nitrogens with zero attached hydrogens (tertiary/aromatic N) is 4. The third-order valence-electron chi connectivity index (χ3n) is 7.48. The van der Waals surface area contributed by atoms with Crippen LogP contribution in [0.2, 0.25) is 0 Å². The first-order chi connectivity index (χ1) is 18.7. The predicted octanol–water partition coefficient (Wildman–Crippen LogP) is 5.19. The fourth-order valence-corrected chi connectivity index (χ4v) is 5.11. The van der Waals surface area contributed by atoms with Gasteiger partial charge in [0.25, 0.3) is 0 Å². The number of aryl methyl sites for hydroxylation is 1. The summed E-state index contributed by atoms with van der Waals surface area (Å²) in [5.74, 6) is 2.66. The number of piperazine rings is 1. The summed E-state index contributed by atoms with van der Waals surface area (Å²) in [4.78, 5) is 9.67. The lowest BCUT2D eigenvalue weighted by Gasteiger charge is -2.35. The fourth-order valence-electron chi connectivity index (χ4n) is 5.11. The van der Waals surface area contributed by atoms with Gasteiger partial charge in [0.1, 0.15) is 5.82 Å². The van der Waals surface area contributed by atoms with E-state index in [1.807, 2.05) is 30.7 Å². The largest absolute Gasteiger partial charge is 0.493 e. The quantitative estimate of drug-likeness (QED) is 0.349. The van der Waals surface area contributed by atoms with Crippen molar-refractivity contribution in [1.82, 2.24) is 19.4 Å². The molecule has 0 radical (unpaired) electrons. The Morgan fingerprint density at radius 1 is 0.846 bits per heavy atom. The average Bonchev–Trinajstić information content (AvgIpc) is 3.22. The highest BCUT2D eigenvalue weighted by atomic mass is 19.4. The molecule has 0 spiro atoms. The highest BCUT2D eigenvalue weighted by Gasteiger charge is 2.30. The van der Waals surface area contributed by atoms with Crippen LogP contribution in [-0.2, 0) is 26.2 Å². The first-order valence-electron chi connectivity index (χ1n) is 13.1. The van der Waals surface area contributed by atoms with E-state index in [0.717, 1.165) is 81.2 Å². The Kier molecular flexibility index (Phi) is 9.07. The summed E-state index contributed by atoms with van der Waals surface area (Å²) in [6.45, 7) is 7.63. The van der Waals surface area contributed by atoms with Crippen molar-refractivity contribution in [2.24, 2.45) is 7.05 Å². The summed E-state index contributed by atoms with van der Waals surface area (Å²) in [5, 5.41) is 0.